The van der Waals surface area contributed by atoms with Crippen molar-refractivity contribution in [1.29, 1.82) is 0 Å². The molecule has 1 unspecified atom stereocenters. The predicted molar refractivity (Wildman–Crippen MR) is 134 cm³/mol. The highest BCUT2D eigenvalue weighted by molar-refractivity contribution is 7.92. The van der Waals surface area contributed by atoms with Gasteiger partial charge in [-0.25, -0.2) is 13.2 Å². The standard InChI is InChI=1S/C28H23NO5S/c1-29(24-15-9-4-10-16-24)35(32,33)25-19-17-23(18-20-25)28(31)34-27(22-13-7-3-8-14-22)26(30)21-11-5-2-6-12-21/h2-20,27H,1H3. The average molecular weight is 486 g/mol. The summed E-state index contributed by atoms with van der Waals surface area (Å²) in [6.45, 7) is 0. The summed E-state index contributed by atoms with van der Waals surface area (Å²) in [5.41, 5.74) is 1.60. The number of rotatable bonds is 8. The monoisotopic (exact) mass is 485 g/mol. The van der Waals surface area contributed by atoms with E-state index in [0.717, 1.165) is 0 Å². The SMILES string of the molecule is CN(c1ccccc1)S(=O)(=O)c1ccc(C(=O)OC(C(=O)c2ccccc2)c2ccccc2)cc1. The van der Waals surface area contributed by atoms with Gasteiger partial charge in [0.05, 0.1) is 16.1 Å². The van der Waals surface area contributed by atoms with Gasteiger partial charge in [-0.1, -0.05) is 78.9 Å². The topological polar surface area (TPSA) is 80.8 Å². The first-order chi connectivity index (χ1) is 16.9. The van der Waals surface area contributed by atoms with E-state index >= 15 is 0 Å². The Bertz CT molecular complexity index is 1400. The summed E-state index contributed by atoms with van der Waals surface area (Å²) in [6.07, 6.45) is -1.14. The van der Waals surface area contributed by atoms with Crippen LogP contribution in [-0.2, 0) is 14.8 Å². The van der Waals surface area contributed by atoms with E-state index in [1.165, 1.54) is 35.6 Å². The van der Waals surface area contributed by atoms with Gasteiger partial charge in [-0.15, -0.1) is 0 Å². The molecule has 0 saturated carbocycles. The van der Waals surface area contributed by atoms with Crippen molar-refractivity contribution >= 4 is 27.5 Å². The van der Waals surface area contributed by atoms with E-state index in [2.05, 4.69) is 0 Å². The van der Waals surface area contributed by atoms with Gasteiger partial charge in [0.2, 0.25) is 5.78 Å². The van der Waals surface area contributed by atoms with Crippen LogP contribution in [0.3, 0.4) is 0 Å². The zero-order valence-corrected chi connectivity index (χ0v) is 19.8. The number of para-hydroxylation sites is 1. The summed E-state index contributed by atoms with van der Waals surface area (Å²) in [4.78, 5) is 26.1. The van der Waals surface area contributed by atoms with E-state index in [4.69, 9.17) is 4.74 Å². The maximum Gasteiger partial charge on any atom is 0.339 e. The number of anilines is 1. The molecule has 7 heteroatoms. The Morgan fingerprint density at radius 2 is 1.20 bits per heavy atom. The second kappa shape index (κ2) is 10.4. The highest BCUT2D eigenvalue weighted by atomic mass is 32.2. The van der Waals surface area contributed by atoms with E-state index in [1.54, 1.807) is 91.0 Å². The number of hydrogen-bond acceptors (Lipinski definition) is 5. The second-order valence-electron chi connectivity index (χ2n) is 7.76. The molecule has 35 heavy (non-hydrogen) atoms. The van der Waals surface area contributed by atoms with E-state index in [9.17, 15) is 18.0 Å². The van der Waals surface area contributed by atoms with Crippen LogP contribution in [-0.4, -0.2) is 27.2 Å². The van der Waals surface area contributed by atoms with Gasteiger partial charge in [-0.05, 0) is 36.4 Å². The summed E-state index contributed by atoms with van der Waals surface area (Å²) >= 11 is 0. The Kier molecular flexibility index (Phi) is 7.08. The van der Waals surface area contributed by atoms with Gasteiger partial charge in [-0.3, -0.25) is 9.10 Å². The number of Topliss-reactive ketones (excluding diaryl/α,β-unsaturated/α-hetero) is 1. The van der Waals surface area contributed by atoms with E-state index in [1.807, 2.05) is 0 Å². The molecule has 4 rings (SSSR count). The van der Waals surface area contributed by atoms with Crippen molar-refractivity contribution < 1.29 is 22.7 Å². The Morgan fingerprint density at radius 1 is 0.686 bits per heavy atom. The Labute approximate surface area is 204 Å². The normalized spacial score (nSPS) is 11.9. The van der Waals surface area contributed by atoms with Crippen molar-refractivity contribution in [2.75, 3.05) is 11.4 Å². The number of esters is 1. The minimum Gasteiger partial charge on any atom is -0.445 e. The zero-order valence-electron chi connectivity index (χ0n) is 18.9. The first-order valence-electron chi connectivity index (χ1n) is 10.9. The van der Waals surface area contributed by atoms with E-state index < -0.39 is 22.1 Å². The Balaban J connectivity index is 1.57. The number of ketones is 1. The second-order valence-corrected chi connectivity index (χ2v) is 9.73. The smallest absolute Gasteiger partial charge is 0.339 e. The molecule has 0 saturated heterocycles. The third kappa shape index (κ3) is 5.31. The third-order valence-corrected chi connectivity index (χ3v) is 7.29. The van der Waals surface area contributed by atoms with Crippen LogP contribution < -0.4 is 4.31 Å². The van der Waals surface area contributed by atoms with Crippen LogP contribution in [0.2, 0.25) is 0 Å². The Hall–Kier alpha value is -4.23. The molecule has 0 aromatic heterocycles. The molecule has 0 amide bonds. The lowest BCUT2D eigenvalue weighted by molar-refractivity contribution is 0.0280. The number of hydrogen-bond donors (Lipinski definition) is 0. The molecule has 0 radical (unpaired) electrons. The van der Waals surface area contributed by atoms with Crippen LogP contribution in [0.15, 0.2) is 120 Å². The molecule has 0 bridgehead atoms. The molecule has 0 N–H and O–H groups in total. The van der Waals surface area contributed by atoms with Crippen LogP contribution >= 0.6 is 0 Å². The van der Waals surface area contributed by atoms with Gasteiger partial charge in [0, 0.05) is 18.2 Å². The molecule has 0 aliphatic heterocycles. The number of benzene rings is 4. The lowest BCUT2D eigenvalue weighted by atomic mass is 10.00. The fourth-order valence-corrected chi connectivity index (χ4v) is 4.72. The third-order valence-electron chi connectivity index (χ3n) is 5.49. The summed E-state index contributed by atoms with van der Waals surface area (Å²) in [6, 6.07) is 31.5. The van der Waals surface area contributed by atoms with Gasteiger partial charge in [-0.2, -0.15) is 0 Å². The summed E-state index contributed by atoms with van der Waals surface area (Å²) in [5.74, 6) is -1.09. The number of ether oxygens (including phenoxy) is 1. The molecule has 0 spiro atoms. The predicted octanol–water partition coefficient (Wildman–Crippen LogP) is 5.29. The van der Waals surface area contributed by atoms with Gasteiger partial charge in [0.1, 0.15) is 0 Å². The number of carbonyl (C=O) groups excluding carboxylic acids is 2. The number of sulfonamides is 1. The van der Waals surface area contributed by atoms with Gasteiger partial charge < -0.3 is 4.74 Å². The van der Waals surface area contributed by atoms with Crippen LogP contribution in [0.5, 0.6) is 0 Å². The lowest BCUT2D eigenvalue weighted by Crippen LogP contribution is -2.26. The fourth-order valence-electron chi connectivity index (χ4n) is 3.53. The van der Waals surface area contributed by atoms with Crippen molar-refractivity contribution in [1.82, 2.24) is 0 Å². The van der Waals surface area contributed by atoms with Crippen LogP contribution in [0, 0.1) is 0 Å². The van der Waals surface area contributed by atoms with Gasteiger partial charge >= 0.3 is 5.97 Å². The molecule has 0 aliphatic carbocycles. The first-order valence-corrected chi connectivity index (χ1v) is 12.3. The summed E-state index contributed by atoms with van der Waals surface area (Å²) in [5, 5.41) is 0. The van der Waals surface area contributed by atoms with Crippen molar-refractivity contribution in [3.05, 3.63) is 132 Å². The quantitative estimate of drug-likeness (QED) is 0.250. The van der Waals surface area contributed by atoms with Crippen LogP contribution in [0.1, 0.15) is 32.4 Å². The Morgan fingerprint density at radius 3 is 1.77 bits per heavy atom. The van der Waals surface area contributed by atoms with Crippen LogP contribution in [0.4, 0.5) is 5.69 Å². The number of nitrogens with zero attached hydrogens (tertiary/aromatic N) is 1. The fraction of sp³-hybridized carbons (Fsp3) is 0.0714. The minimum atomic E-state index is -3.82. The van der Waals surface area contributed by atoms with Crippen molar-refractivity contribution in [2.45, 2.75) is 11.0 Å². The lowest BCUT2D eigenvalue weighted by Gasteiger charge is -2.20. The average Bonchev–Trinajstić information content (AvgIpc) is 2.92. The highest BCUT2D eigenvalue weighted by Gasteiger charge is 2.27. The molecular weight excluding hydrogens is 462 g/mol. The van der Waals surface area contributed by atoms with Crippen molar-refractivity contribution in [2.24, 2.45) is 0 Å². The van der Waals surface area contributed by atoms with E-state index in [-0.39, 0.29) is 16.2 Å². The first kappa shape index (κ1) is 23.9. The number of carbonyl (C=O) groups is 2. The molecule has 176 valence electrons. The molecular formula is C28H23NO5S. The van der Waals surface area contributed by atoms with Crippen molar-refractivity contribution in [3.8, 4) is 0 Å². The molecule has 1 atom stereocenters. The van der Waals surface area contributed by atoms with Gasteiger partial charge in [0.15, 0.2) is 6.10 Å². The molecule has 0 aliphatic rings. The molecule has 0 heterocycles. The minimum absolute atomic E-state index is 0.0281. The summed E-state index contributed by atoms with van der Waals surface area (Å²) in [7, 11) is -2.36. The maximum atomic E-state index is 13.1. The van der Waals surface area contributed by atoms with Crippen molar-refractivity contribution in [3.63, 3.8) is 0 Å². The van der Waals surface area contributed by atoms with Gasteiger partial charge in [0.25, 0.3) is 10.0 Å². The maximum absolute atomic E-state index is 13.1. The molecule has 0 fully saturated rings. The molecule has 4 aromatic rings. The van der Waals surface area contributed by atoms with E-state index in [0.29, 0.717) is 16.8 Å². The zero-order chi connectivity index (χ0) is 24.8. The highest BCUT2D eigenvalue weighted by Crippen LogP contribution is 2.25. The molecule has 6 nitrogen and oxygen atoms in total. The molecule has 4 aromatic carbocycles. The largest absolute Gasteiger partial charge is 0.445 e. The van der Waals surface area contributed by atoms with Crippen LogP contribution in [0.25, 0.3) is 0 Å². The summed E-state index contributed by atoms with van der Waals surface area (Å²) < 4.78 is 32.8.